The Balaban J connectivity index is 1.35. The summed E-state index contributed by atoms with van der Waals surface area (Å²) in [5, 5.41) is 30.5. The standard InChI is InChI=1S/C20H22O8/c21-17-16(10-24-9-12-6-7-14-15(8-12)26-11-25-14)28-20(19(23)18(17)22)27-13-4-2-1-3-5-13/h1-8,16-23H,9-11H2/t16-,17-,18+,19-,20-/m1/s1. The van der Waals surface area contributed by atoms with E-state index in [1.807, 2.05) is 18.2 Å². The van der Waals surface area contributed by atoms with Gasteiger partial charge in [-0.15, -0.1) is 0 Å². The molecule has 1 fully saturated rings. The molecule has 3 N–H and O–H groups in total. The molecule has 2 aromatic carbocycles. The van der Waals surface area contributed by atoms with Crippen LogP contribution in [0, 0.1) is 0 Å². The summed E-state index contributed by atoms with van der Waals surface area (Å²) in [7, 11) is 0. The molecule has 8 nitrogen and oxygen atoms in total. The lowest BCUT2D eigenvalue weighted by Crippen LogP contribution is -2.60. The van der Waals surface area contributed by atoms with Crippen molar-refractivity contribution in [2.24, 2.45) is 0 Å². The normalized spacial score (nSPS) is 28.9. The van der Waals surface area contributed by atoms with Gasteiger partial charge in [0.1, 0.15) is 30.2 Å². The first-order valence-corrected chi connectivity index (χ1v) is 8.99. The van der Waals surface area contributed by atoms with Gasteiger partial charge < -0.3 is 39.0 Å². The number of aliphatic hydroxyl groups is 3. The van der Waals surface area contributed by atoms with Gasteiger partial charge in [0.05, 0.1) is 13.2 Å². The summed E-state index contributed by atoms with van der Waals surface area (Å²) < 4.78 is 27.5. The van der Waals surface area contributed by atoms with Gasteiger partial charge in [-0.25, -0.2) is 0 Å². The minimum Gasteiger partial charge on any atom is -0.462 e. The highest BCUT2D eigenvalue weighted by atomic mass is 16.7. The highest BCUT2D eigenvalue weighted by Crippen LogP contribution is 2.32. The van der Waals surface area contributed by atoms with Crippen molar-refractivity contribution < 1.29 is 39.0 Å². The van der Waals surface area contributed by atoms with Crippen molar-refractivity contribution in [3.63, 3.8) is 0 Å². The Kier molecular flexibility index (Phi) is 5.65. The van der Waals surface area contributed by atoms with Crippen LogP contribution in [-0.2, 0) is 16.1 Å². The van der Waals surface area contributed by atoms with Crippen LogP contribution in [0.3, 0.4) is 0 Å². The van der Waals surface area contributed by atoms with E-state index in [0.717, 1.165) is 5.56 Å². The first-order chi connectivity index (χ1) is 13.6. The molecular formula is C20H22O8. The lowest BCUT2D eigenvalue weighted by atomic mass is 9.99. The Morgan fingerprint density at radius 3 is 2.50 bits per heavy atom. The van der Waals surface area contributed by atoms with Gasteiger partial charge in [-0.05, 0) is 29.8 Å². The summed E-state index contributed by atoms with van der Waals surface area (Å²) in [6, 6.07) is 14.3. The van der Waals surface area contributed by atoms with Crippen LogP contribution in [-0.4, -0.2) is 59.4 Å². The van der Waals surface area contributed by atoms with E-state index in [4.69, 9.17) is 23.7 Å². The number of aliphatic hydroxyl groups excluding tert-OH is 3. The van der Waals surface area contributed by atoms with Crippen LogP contribution in [0.25, 0.3) is 0 Å². The monoisotopic (exact) mass is 390 g/mol. The van der Waals surface area contributed by atoms with Crippen LogP contribution in [0.4, 0.5) is 0 Å². The molecule has 1 saturated heterocycles. The summed E-state index contributed by atoms with van der Waals surface area (Å²) in [4.78, 5) is 0. The molecule has 0 amide bonds. The smallest absolute Gasteiger partial charge is 0.231 e. The van der Waals surface area contributed by atoms with E-state index >= 15 is 0 Å². The van der Waals surface area contributed by atoms with E-state index in [1.165, 1.54) is 0 Å². The number of benzene rings is 2. The molecule has 8 heteroatoms. The maximum absolute atomic E-state index is 10.2. The minimum atomic E-state index is -1.42. The molecular weight excluding hydrogens is 368 g/mol. The molecule has 28 heavy (non-hydrogen) atoms. The SMILES string of the molecule is O[C@@H]1[C@@H](O)[C@H](Oc2ccccc2)O[C@H](COCc2ccc3c(c2)OCO3)[C@H]1O. The van der Waals surface area contributed by atoms with Gasteiger partial charge in [0.25, 0.3) is 0 Å². The Morgan fingerprint density at radius 1 is 0.893 bits per heavy atom. The summed E-state index contributed by atoms with van der Waals surface area (Å²) in [5.74, 6) is 1.83. The van der Waals surface area contributed by atoms with Crippen molar-refractivity contribution in [1.29, 1.82) is 0 Å². The van der Waals surface area contributed by atoms with Crippen molar-refractivity contribution in [2.75, 3.05) is 13.4 Å². The zero-order chi connectivity index (χ0) is 19.5. The Morgan fingerprint density at radius 2 is 1.68 bits per heavy atom. The Labute approximate surface area is 161 Å². The maximum atomic E-state index is 10.2. The molecule has 0 spiro atoms. The van der Waals surface area contributed by atoms with Gasteiger partial charge in [0, 0.05) is 0 Å². The second kappa shape index (κ2) is 8.34. The molecule has 2 aliphatic heterocycles. The largest absolute Gasteiger partial charge is 0.462 e. The zero-order valence-corrected chi connectivity index (χ0v) is 15.0. The second-order valence-electron chi connectivity index (χ2n) is 6.65. The topological polar surface area (TPSA) is 107 Å². The number of para-hydroxylation sites is 1. The Hall–Kier alpha value is -2.36. The summed E-state index contributed by atoms with van der Waals surface area (Å²) in [6.07, 6.45) is -6.09. The van der Waals surface area contributed by atoms with E-state index in [0.29, 0.717) is 17.2 Å². The highest BCUT2D eigenvalue weighted by molar-refractivity contribution is 5.44. The van der Waals surface area contributed by atoms with Crippen LogP contribution in [0.1, 0.15) is 5.56 Å². The molecule has 4 rings (SSSR count). The van der Waals surface area contributed by atoms with Gasteiger partial charge in [-0.3, -0.25) is 0 Å². The quantitative estimate of drug-likeness (QED) is 0.666. The van der Waals surface area contributed by atoms with Gasteiger partial charge in [0.2, 0.25) is 13.1 Å². The number of ether oxygens (including phenoxy) is 5. The molecule has 5 atom stereocenters. The van der Waals surface area contributed by atoms with Crippen LogP contribution in [0.2, 0.25) is 0 Å². The van der Waals surface area contributed by atoms with Gasteiger partial charge in [-0.2, -0.15) is 0 Å². The number of rotatable bonds is 6. The predicted octanol–water partition coefficient (Wildman–Crippen LogP) is 0.819. The van der Waals surface area contributed by atoms with Crippen molar-refractivity contribution in [2.45, 2.75) is 37.3 Å². The molecule has 2 aliphatic rings. The van der Waals surface area contributed by atoms with Gasteiger partial charge >= 0.3 is 0 Å². The molecule has 0 aliphatic carbocycles. The maximum Gasteiger partial charge on any atom is 0.231 e. The third-order valence-corrected chi connectivity index (χ3v) is 4.65. The average molecular weight is 390 g/mol. The van der Waals surface area contributed by atoms with Crippen LogP contribution in [0.5, 0.6) is 17.2 Å². The van der Waals surface area contributed by atoms with Crippen molar-refractivity contribution in [3.05, 3.63) is 54.1 Å². The number of fused-ring (bicyclic) bond motifs is 1. The molecule has 2 heterocycles. The minimum absolute atomic E-state index is 0.00797. The summed E-state index contributed by atoms with van der Waals surface area (Å²) >= 11 is 0. The molecule has 0 aromatic heterocycles. The van der Waals surface area contributed by atoms with E-state index in [2.05, 4.69) is 0 Å². The van der Waals surface area contributed by atoms with E-state index in [9.17, 15) is 15.3 Å². The van der Waals surface area contributed by atoms with Crippen molar-refractivity contribution >= 4 is 0 Å². The van der Waals surface area contributed by atoms with Crippen molar-refractivity contribution in [1.82, 2.24) is 0 Å². The molecule has 0 radical (unpaired) electrons. The van der Waals surface area contributed by atoms with E-state index < -0.39 is 30.7 Å². The number of hydrogen-bond acceptors (Lipinski definition) is 8. The lowest BCUT2D eigenvalue weighted by Gasteiger charge is -2.40. The highest BCUT2D eigenvalue weighted by Gasteiger charge is 2.45. The van der Waals surface area contributed by atoms with Gasteiger partial charge in [0.15, 0.2) is 11.5 Å². The third kappa shape index (κ3) is 4.06. The number of hydrogen-bond donors (Lipinski definition) is 3. The first kappa shape index (κ1) is 19.0. The average Bonchev–Trinajstić information content (AvgIpc) is 3.18. The molecule has 2 aromatic rings. The predicted molar refractivity (Wildman–Crippen MR) is 96.0 cm³/mol. The van der Waals surface area contributed by atoms with E-state index in [-0.39, 0.29) is 20.0 Å². The lowest BCUT2D eigenvalue weighted by molar-refractivity contribution is -0.280. The molecule has 150 valence electrons. The van der Waals surface area contributed by atoms with Crippen LogP contribution < -0.4 is 14.2 Å². The first-order valence-electron chi connectivity index (χ1n) is 8.99. The molecule has 0 saturated carbocycles. The fourth-order valence-electron chi connectivity index (χ4n) is 3.11. The van der Waals surface area contributed by atoms with Crippen LogP contribution >= 0.6 is 0 Å². The second-order valence-corrected chi connectivity index (χ2v) is 6.65. The van der Waals surface area contributed by atoms with Crippen molar-refractivity contribution in [3.8, 4) is 17.2 Å². The third-order valence-electron chi connectivity index (χ3n) is 4.65. The molecule has 0 unspecified atom stereocenters. The fourth-order valence-corrected chi connectivity index (χ4v) is 3.11. The van der Waals surface area contributed by atoms with Gasteiger partial charge in [-0.1, -0.05) is 24.3 Å². The fraction of sp³-hybridized carbons (Fsp3) is 0.400. The van der Waals surface area contributed by atoms with E-state index in [1.54, 1.807) is 30.3 Å². The molecule has 0 bridgehead atoms. The summed E-state index contributed by atoms with van der Waals surface area (Å²) in [5.41, 5.74) is 0.868. The zero-order valence-electron chi connectivity index (χ0n) is 15.0. The summed E-state index contributed by atoms with van der Waals surface area (Å²) in [6.45, 7) is 0.463. The Bertz CT molecular complexity index is 783. The van der Waals surface area contributed by atoms with Crippen LogP contribution in [0.15, 0.2) is 48.5 Å².